The van der Waals surface area contributed by atoms with Gasteiger partial charge in [0.15, 0.2) is 15.5 Å². The quantitative estimate of drug-likeness (QED) is 0.0191. The van der Waals surface area contributed by atoms with Crippen molar-refractivity contribution in [2.75, 3.05) is 6.26 Å². The molecule has 0 radical (unpaired) electrons. The molecule has 0 unspecified atom stereocenters. The number of thiol groups is 1. The Bertz CT molecular complexity index is 4160. The summed E-state index contributed by atoms with van der Waals surface area (Å²) in [5.74, 6) is -7.26. The fourth-order valence-electron chi connectivity index (χ4n) is 10.6. The molecule has 0 saturated heterocycles. The first-order valence-corrected chi connectivity index (χ1v) is 32.2. The Labute approximate surface area is 494 Å². The van der Waals surface area contributed by atoms with Crippen LogP contribution >= 0.6 is 27.0 Å². The second kappa shape index (κ2) is 23.2. The highest BCUT2D eigenvalue weighted by atomic mass is 35.5. The van der Waals surface area contributed by atoms with Crippen molar-refractivity contribution in [2.45, 2.75) is 120 Å². The summed E-state index contributed by atoms with van der Waals surface area (Å²) in [6.45, 7) is 1.85. The molecule has 3 aromatic heterocycles. The first-order valence-electron chi connectivity index (χ1n) is 25.4. The van der Waals surface area contributed by atoms with Gasteiger partial charge in [0.05, 0.1) is 40.7 Å². The number of benzene rings is 3. The van der Waals surface area contributed by atoms with E-state index in [1.807, 2.05) is 0 Å². The summed E-state index contributed by atoms with van der Waals surface area (Å²) in [4.78, 5) is 72.0. The lowest BCUT2D eigenvalue weighted by Crippen LogP contribution is -2.35. The van der Waals surface area contributed by atoms with Gasteiger partial charge in [0.25, 0.3) is 5.92 Å². The van der Waals surface area contributed by atoms with Crippen molar-refractivity contribution in [2.24, 2.45) is 5.92 Å². The molecule has 87 heavy (non-hydrogen) atoms. The smallest absolute Gasteiger partial charge is 0.404 e. The highest BCUT2D eigenvalue weighted by Crippen LogP contribution is 2.68. The number of carbonyl (C=O) groups excluding carboxylic acids is 2. The van der Waals surface area contributed by atoms with Gasteiger partial charge in [-0.05, 0) is 98.5 Å². The summed E-state index contributed by atoms with van der Waals surface area (Å²) >= 11 is 6.75. The number of hydrogen-bond acceptors (Lipinski definition) is 12. The third-order valence-corrected chi connectivity index (χ3v) is 18.7. The van der Waals surface area contributed by atoms with Gasteiger partial charge in [-0.15, -0.1) is 0 Å². The van der Waals surface area contributed by atoms with Crippen molar-refractivity contribution in [1.29, 1.82) is 0 Å². The Morgan fingerprint density at radius 3 is 2.14 bits per heavy atom. The molecule has 35 heteroatoms. The van der Waals surface area contributed by atoms with Crippen LogP contribution in [0.1, 0.15) is 109 Å². The van der Waals surface area contributed by atoms with E-state index in [9.17, 15) is 90.3 Å². The van der Waals surface area contributed by atoms with Crippen molar-refractivity contribution in [3.63, 3.8) is 0 Å². The molecule has 2 aliphatic carbocycles. The van der Waals surface area contributed by atoms with Crippen LogP contribution in [0, 0.1) is 36.3 Å². The summed E-state index contributed by atoms with van der Waals surface area (Å²) in [5.41, 5.74) is -8.66. The second-order valence-electron chi connectivity index (χ2n) is 22.1. The van der Waals surface area contributed by atoms with Crippen LogP contribution in [-0.2, 0) is 89.2 Å². The van der Waals surface area contributed by atoms with Gasteiger partial charge in [0.2, 0.25) is 22.7 Å². The standard InChI is InChI=1S/C52H50ClF10N7O13P2S2/c1-25-13-27(23-84(73,74)75)17-38(83-85(76,77)78)43(25)48(2,3)20-40(72)70(86(79)80)21-37-42-35(53)10-9-32(45(42)69(66-37)24-50(56,57)58)31-8-7-30(11-12-49(4,5)87(6,81)82)64-44(31)36(16-26-14-28(54)18-29(55)15-26)65-39(71)22-68-47-41(46(67-68)52(61,62)63)33-19-34(33)51(47,59)60/h7-10,13-15,17-18,33-34,36,86H,16,19-24H2,1-6H3,(H,65,71)(H2,73,74,75)(H2,76,77,78)/t33-,34+,36-/m0/s1. The molecule has 5 N–H and O–H groups in total. The Morgan fingerprint density at radius 2 is 1.56 bits per heavy atom. The summed E-state index contributed by atoms with van der Waals surface area (Å²) in [5, 5.41) is 8.99. The Morgan fingerprint density at radius 1 is 0.931 bits per heavy atom. The molecule has 0 aliphatic heterocycles. The average Bonchev–Trinajstić information content (AvgIpc) is 1.52. The molecule has 8 rings (SSSR count). The average molecular weight is 1330 g/mol. The van der Waals surface area contributed by atoms with E-state index in [1.165, 1.54) is 40.7 Å². The maximum absolute atomic E-state index is 15.7. The molecule has 0 bridgehead atoms. The van der Waals surface area contributed by atoms with Crippen molar-refractivity contribution >= 4 is 70.5 Å². The van der Waals surface area contributed by atoms with E-state index in [4.69, 9.17) is 16.1 Å². The van der Waals surface area contributed by atoms with Gasteiger partial charge in [-0.2, -0.15) is 45.3 Å². The number of fused-ring (bicyclic) bond motifs is 4. The number of aryl methyl sites for hydroxylation is 1. The third-order valence-electron chi connectivity index (χ3n) is 14.4. The zero-order valence-corrected chi connectivity index (χ0v) is 50.2. The SMILES string of the molecule is Cc1cc(CP(=O)(O)O)cc(OP(=O)(O)O)c1C(C)(C)CC(=O)N(Cc1nn(CC(F)(F)F)c2c(-c3ccc(C#CC(C)(C)S(C)(=O)=O)nc3[C@H](Cc3cc(F)cc(F)c3)NC(=O)Cn3nc(C(F)(F)F)c4c3C(F)(F)[C@@H]3C[C@H]43)ccc(Cl)c12)[SH](=O)=O. The van der Waals surface area contributed by atoms with Gasteiger partial charge in [-0.3, -0.25) is 33.3 Å². The van der Waals surface area contributed by atoms with Crippen LogP contribution in [-0.4, -0.2) is 94.3 Å². The number of halogens is 11. The number of phosphoric acid groups is 1. The third kappa shape index (κ3) is 14.7. The monoisotopic (exact) mass is 1330 g/mol. The molecule has 1 fully saturated rings. The Kier molecular flexibility index (Phi) is 17.7. The van der Waals surface area contributed by atoms with Crippen LogP contribution in [0.15, 0.2) is 54.6 Å². The predicted molar refractivity (Wildman–Crippen MR) is 291 cm³/mol. The first kappa shape index (κ1) is 66.5. The lowest BCUT2D eigenvalue weighted by Gasteiger charge is -2.30. The number of pyridine rings is 1. The Balaban J connectivity index is 1.29. The van der Waals surface area contributed by atoms with Crippen molar-refractivity contribution in [3.8, 4) is 28.7 Å². The lowest BCUT2D eigenvalue weighted by molar-refractivity contribution is -0.143. The molecule has 3 heterocycles. The normalized spacial score (nSPS) is 16.5. The van der Waals surface area contributed by atoms with E-state index < -0.39 is 195 Å². The molecular weight excluding hydrogens is 1280 g/mol. The maximum atomic E-state index is 15.7. The van der Waals surface area contributed by atoms with Crippen molar-refractivity contribution < 1.29 is 104 Å². The number of nitrogens with one attached hydrogen (secondary N) is 1. The van der Waals surface area contributed by atoms with Crippen molar-refractivity contribution in [1.82, 2.24) is 34.2 Å². The number of phosphoric ester groups is 1. The summed E-state index contributed by atoms with van der Waals surface area (Å²) < 4.78 is 228. The Hall–Kier alpha value is -6.42. The van der Waals surface area contributed by atoms with Crippen LogP contribution < -0.4 is 9.84 Å². The summed E-state index contributed by atoms with van der Waals surface area (Å²) in [6.07, 6.45) is -12.5. The number of alkyl halides is 8. The van der Waals surface area contributed by atoms with Crippen LogP contribution in [0.5, 0.6) is 5.75 Å². The number of sulfone groups is 1. The fraction of sp³-hybridized carbons (Fsp3) is 0.404. The number of aromatic nitrogens is 5. The van der Waals surface area contributed by atoms with E-state index >= 15 is 8.78 Å². The van der Waals surface area contributed by atoms with Gasteiger partial charge < -0.3 is 19.6 Å². The number of rotatable bonds is 19. The number of hydrogen-bond donors (Lipinski definition) is 6. The predicted octanol–water partition coefficient (Wildman–Crippen LogP) is 8.97. The molecule has 2 amide bonds. The van der Waals surface area contributed by atoms with Crippen LogP contribution in [0.2, 0.25) is 5.02 Å². The van der Waals surface area contributed by atoms with E-state index in [0.29, 0.717) is 10.7 Å². The number of carbonyl (C=O) groups is 2. The van der Waals surface area contributed by atoms with E-state index in [1.54, 1.807) is 0 Å². The minimum absolute atomic E-state index is 0.0504. The van der Waals surface area contributed by atoms with Crippen LogP contribution in [0.25, 0.3) is 22.0 Å². The minimum Gasteiger partial charge on any atom is -0.404 e. The van der Waals surface area contributed by atoms with Crippen LogP contribution in [0.4, 0.5) is 43.9 Å². The van der Waals surface area contributed by atoms with E-state index in [-0.39, 0.29) is 54.5 Å². The highest BCUT2D eigenvalue weighted by molar-refractivity contribution is 7.92. The van der Waals surface area contributed by atoms with E-state index in [2.05, 4.69) is 32.3 Å². The molecular formula is C52H50ClF10N7O13P2S2. The van der Waals surface area contributed by atoms with E-state index in [0.717, 1.165) is 48.7 Å². The molecule has 6 aromatic rings. The van der Waals surface area contributed by atoms with Gasteiger partial charge in [-0.1, -0.05) is 43.5 Å². The van der Waals surface area contributed by atoms with Gasteiger partial charge in [0, 0.05) is 57.7 Å². The first-order chi connectivity index (χ1) is 39.7. The molecule has 470 valence electrons. The topological polar surface area (TPSA) is 291 Å². The molecule has 1 saturated carbocycles. The largest absolute Gasteiger partial charge is 0.524 e. The lowest BCUT2D eigenvalue weighted by atomic mass is 9.78. The zero-order valence-electron chi connectivity index (χ0n) is 45.9. The van der Waals surface area contributed by atoms with Gasteiger partial charge in [0.1, 0.15) is 46.6 Å². The van der Waals surface area contributed by atoms with Gasteiger partial charge >= 0.3 is 27.8 Å². The molecule has 2 aliphatic rings. The molecule has 3 atom stereocenters. The zero-order chi connectivity index (χ0) is 64.9. The molecule has 3 aromatic carbocycles. The molecule has 0 spiro atoms. The summed E-state index contributed by atoms with van der Waals surface area (Å²) in [6, 6.07) is 6.74. The summed E-state index contributed by atoms with van der Waals surface area (Å²) in [7, 11) is -18.3. The number of nitrogens with zero attached hydrogens (tertiary/aromatic N) is 6. The van der Waals surface area contributed by atoms with Crippen molar-refractivity contribution in [3.05, 3.63) is 128 Å². The number of amides is 2. The van der Waals surface area contributed by atoms with Crippen LogP contribution in [0.3, 0.4) is 0 Å². The van der Waals surface area contributed by atoms with Gasteiger partial charge in [-0.25, -0.2) is 39.5 Å². The maximum Gasteiger partial charge on any atom is 0.524 e. The highest BCUT2D eigenvalue weighted by Gasteiger charge is 2.68. The fourth-order valence-corrected chi connectivity index (χ4v) is 12.7. The second-order valence-corrected chi connectivity index (χ2v) is 28.8. The minimum atomic E-state index is -5.46. The molecule has 20 nitrogen and oxygen atoms in total.